The Hall–Kier alpha value is -1.90. The van der Waals surface area contributed by atoms with Gasteiger partial charge in [-0.3, -0.25) is 0 Å². The number of hydrogen-bond acceptors (Lipinski definition) is 1. The number of benzene rings is 2. The minimum atomic E-state index is -0.391. The van der Waals surface area contributed by atoms with Gasteiger partial charge in [-0.05, 0) is 48.9 Å². The highest BCUT2D eigenvalue weighted by atomic mass is 19.1. The molecule has 0 saturated carbocycles. The summed E-state index contributed by atoms with van der Waals surface area (Å²) in [7, 11) is 0. The summed E-state index contributed by atoms with van der Waals surface area (Å²) < 4.78 is 27.4. The maximum atomic E-state index is 13.9. The third-order valence-corrected chi connectivity index (χ3v) is 4.28. The molecule has 0 heterocycles. The average Bonchev–Trinajstić information content (AvgIpc) is 2.49. The van der Waals surface area contributed by atoms with Crippen molar-refractivity contribution in [3.8, 4) is 0 Å². The molecule has 3 heteroatoms. The molecule has 1 atom stereocenters. The zero-order valence-electron chi connectivity index (χ0n) is 12.1. The van der Waals surface area contributed by atoms with E-state index < -0.39 is 5.82 Å². The van der Waals surface area contributed by atoms with Gasteiger partial charge in [0.1, 0.15) is 11.6 Å². The predicted octanol–water partition coefficient (Wildman–Crippen LogP) is 4.81. The van der Waals surface area contributed by atoms with Crippen molar-refractivity contribution in [1.29, 1.82) is 0 Å². The first-order chi connectivity index (χ1) is 10.1. The molecule has 21 heavy (non-hydrogen) atoms. The van der Waals surface area contributed by atoms with Gasteiger partial charge in [-0.15, -0.1) is 0 Å². The van der Waals surface area contributed by atoms with E-state index >= 15 is 0 Å². The Morgan fingerprint density at radius 1 is 1.14 bits per heavy atom. The maximum absolute atomic E-state index is 13.9. The fourth-order valence-corrected chi connectivity index (χ4v) is 3.08. The molecular formula is C18H19F2N. The molecule has 1 nitrogen and oxygen atoms in total. The summed E-state index contributed by atoms with van der Waals surface area (Å²) in [6.45, 7) is 2.20. The Bertz CT molecular complexity index is 652. The van der Waals surface area contributed by atoms with Crippen LogP contribution in [0.2, 0.25) is 0 Å². The topological polar surface area (TPSA) is 12.0 Å². The summed E-state index contributed by atoms with van der Waals surface area (Å²) in [5, 5.41) is 3.08. The highest BCUT2D eigenvalue weighted by Crippen LogP contribution is 2.32. The lowest BCUT2D eigenvalue weighted by Crippen LogP contribution is -2.18. The molecule has 0 saturated heterocycles. The first-order valence-corrected chi connectivity index (χ1v) is 7.42. The van der Waals surface area contributed by atoms with Crippen molar-refractivity contribution in [3.05, 3.63) is 64.7 Å². The minimum absolute atomic E-state index is 0.251. The molecule has 0 aliphatic heterocycles. The van der Waals surface area contributed by atoms with Crippen LogP contribution in [0.25, 0.3) is 0 Å². The number of halogens is 2. The second kappa shape index (κ2) is 5.84. The van der Waals surface area contributed by atoms with Crippen LogP contribution in [0.3, 0.4) is 0 Å². The van der Waals surface area contributed by atoms with E-state index in [9.17, 15) is 8.78 Å². The number of fused-ring (bicyclic) bond motifs is 1. The predicted molar refractivity (Wildman–Crippen MR) is 81.7 cm³/mol. The van der Waals surface area contributed by atoms with E-state index in [-0.39, 0.29) is 11.5 Å². The van der Waals surface area contributed by atoms with E-state index in [2.05, 4.69) is 23.5 Å². The normalized spacial score (nSPS) is 17.4. The van der Waals surface area contributed by atoms with Gasteiger partial charge < -0.3 is 5.32 Å². The molecule has 1 aliphatic carbocycles. The smallest absolute Gasteiger partial charge is 0.146 e. The van der Waals surface area contributed by atoms with Gasteiger partial charge in [0, 0.05) is 18.5 Å². The van der Waals surface area contributed by atoms with Crippen LogP contribution in [0, 0.1) is 18.6 Å². The van der Waals surface area contributed by atoms with Gasteiger partial charge in [-0.2, -0.15) is 0 Å². The van der Waals surface area contributed by atoms with Gasteiger partial charge in [0.25, 0.3) is 0 Å². The Kier molecular flexibility index (Phi) is 3.91. The quantitative estimate of drug-likeness (QED) is 0.854. The molecule has 1 unspecified atom stereocenters. The summed E-state index contributed by atoms with van der Waals surface area (Å²) in [4.78, 5) is 0. The fraction of sp³-hybridized carbons (Fsp3) is 0.333. The van der Waals surface area contributed by atoms with E-state index in [1.807, 2.05) is 6.07 Å². The zero-order chi connectivity index (χ0) is 14.8. The van der Waals surface area contributed by atoms with Crippen molar-refractivity contribution in [1.82, 2.24) is 0 Å². The van der Waals surface area contributed by atoms with Crippen LogP contribution in [0.15, 0.2) is 36.4 Å². The molecule has 2 aromatic rings. The Morgan fingerprint density at radius 2 is 1.95 bits per heavy atom. The van der Waals surface area contributed by atoms with Crippen LogP contribution in [0.1, 0.15) is 35.4 Å². The Labute approximate surface area is 124 Å². The molecule has 1 N–H and O–H groups in total. The summed E-state index contributed by atoms with van der Waals surface area (Å²) >= 11 is 0. The first kappa shape index (κ1) is 14.1. The standard InChI is InChI=1S/C18H19F2N/c1-12-9-17(20)18(10-16(12)19)21-11-14-7-4-6-13-5-2-3-8-15(13)14/h2-3,5,8-10,14,21H,4,6-7,11H2,1H3. The lowest BCUT2D eigenvalue weighted by atomic mass is 9.83. The molecule has 3 rings (SSSR count). The van der Waals surface area contributed by atoms with Crippen LogP contribution in [-0.2, 0) is 6.42 Å². The second-order valence-corrected chi connectivity index (χ2v) is 5.75. The molecule has 0 bridgehead atoms. The summed E-state index contributed by atoms with van der Waals surface area (Å²) in [6, 6.07) is 10.9. The van der Waals surface area contributed by atoms with Crippen LogP contribution in [0.5, 0.6) is 0 Å². The average molecular weight is 287 g/mol. The lowest BCUT2D eigenvalue weighted by Gasteiger charge is -2.26. The van der Waals surface area contributed by atoms with Crippen molar-refractivity contribution in [2.75, 3.05) is 11.9 Å². The van der Waals surface area contributed by atoms with E-state index in [4.69, 9.17) is 0 Å². The molecule has 0 aromatic heterocycles. The largest absolute Gasteiger partial charge is 0.382 e. The van der Waals surface area contributed by atoms with Gasteiger partial charge in [-0.1, -0.05) is 24.3 Å². The number of hydrogen-bond donors (Lipinski definition) is 1. The van der Waals surface area contributed by atoms with Gasteiger partial charge in [0.05, 0.1) is 5.69 Å². The van der Waals surface area contributed by atoms with E-state index in [0.29, 0.717) is 18.0 Å². The second-order valence-electron chi connectivity index (χ2n) is 5.75. The van der Waals surface area contributed by atoms with Crippen molar-refractivity contribution < 1.29 is 8.78 Å². The van der Waals surface area contributed by atoms with Gasteiger partial charge in [-0.25, -0.2) is 8.78 Å². The summed E-state index contributed by atoms with van der Waals surface area (Å²) in [5.41, 5.74) is 3.30. The molecule has 0 spiro atoms. The van der Waals surface area contributed by atoms with Crippen molar-refractivity contribution >= 4 is 5.69 Å². The van der Waals surface area contributed by atoms with E-state index in [1.54, 1.807) is 6.92 Å². The van der Waals surface area contributed by atoms with Crippen molar-refractivity contribution in [2.45, 2.75) is 32.1 Å². The zero-order valence-corrected chi connectivity index (χ0v) is 12.1. The Balaban J connectivity index is 1.76. The highest BCUT2D eigenvalue weighted by molar-refractivity contribution is 5.47. The maximum Gasteiger partial charge on any atom is 0.146 e. The molecule has 1 aliphatic rings. The van der Waals surface area contributed by atoms with E-state index in [1.165, 1.54) is 23.3 Å². The van der Waals surface area contributed by atoms with Gasteiger partial charge in [0.15, 0.2) is 0 Å². The fourth-order valence-electron chi connectivity index (χ4n) is 3.08. The number of rotatable bonds is 3. The number of nitrogens with one attached hydrogen (secondary N) is 1. The molecule has 0 radical (unpaired) electrons. The van der Waals surface area contributed by atoms with Crippen molar-refractivity contribution in [2.24, 2.45) is 0 Å². The summed E-state index contributed by atoms with van der Waals surface area (Å²) in [5.74, 6) is -0.403. The minimum Gasteiger partial charge on any atom is -0.382 e. The SMILES string of the molecule is Cc1cc(F)c(NCC2CCCc3ccccc32)cc1F. The first-order valence-electron chi connectivity index (χ1n) is 7.42. The molecular weight excluding hydrogens is 268 g/mol. The van der Waals surface area contributed by atoms with Crippen LogP contribution >= 0.6 is 0 Å². The van der Waals surface area contributed by atoms with Gasteiger partial charge >= 0.3 is 0 Å². The molecule has 2 aromatic carbocycles. The molecule has 0 fully saturated rings. The monoisotopic (exact) mass is 287 g/mol. The third-order valence-electron chi connectivity index (χ3n) is 4.28. The van der Waals surface area contributed by atoms with Crippen LogP contribution in [0.4, 0.5) is 14.5 Å². The number of anilines is 1. The number of aryl methyl sites for hydroxylation is 2. The van der Waals surface area contributed by atoms with Crippen LogP contribution in [-0.4, -0.2) is 6.54 Å². The van der Waals surface area contributed by atoms with Crippen molar-refractivity contribution in [3.63, 3.8) is 0 Å². The lowest BCUT2D eigenvalue weighted by molar-refractivity contribution is 0.565. The summed E-state index contributed by atoms with van der Waals surface area (Å²) in [6.07, 6.45) is 3.34. The van der Waals surface area contributed by atoms with Crippen LogP contribution < -0.4 is 5.32 Å². The molecule has 0 amide bonds. The molecule has 110 valence electrons. The van der Waals surface area contributed by atoms with E-state index in [0.717, 1.165) is 19.3 Å². The third kappa shape index (κ3) is 2.92. The highest BCUT2D eigenvalue weighted by Gasteiger charge is 2.20. The van der Waals surface area contributed by atoms with Gasteiger partial charge in [0.2, 0.25) is 0 Å². The Morgan fingerprint density at radius 3 is 2.81 bits per heavy atom.